The molecule has 8 nitrogen and oxygen atoms in total. The highest BCUT2D eigenvalue weighted by molar-refractivity contribution is 6.08. The standard InChI is InChI=1S/C21H21N3O5/c1-13(24-19(26)16-4-2-3-5-17(16)20(24)27)21(28)29-12-18(25)23-15-8-6-14(7-9-15)10-11-22/h2-3,6-9,13,16-17H,4-5,10,12H2,1H3,(H,23,25)/t13-,16-,17+/m0/s1. The van der Waals surface area contributed by atoms with Crippen molar-refractivity contribution in [2.75, 3.05) is 11.9 Å². The van der Waals surface area contributed by atoms with Gasteiger partial charge in [0.15, 0.2) is 6.61 Å². The molecule has 150 valence electrons. The highest BCUT2D eigenvalue weighted by atomic mass is 16.5. The Morgan fingerprint density at radius 3 is 2.31 bits per heavy atom. The fraction of sp³-hybridized carbons (Fsp3) is 0.381. The summed E-state index contributed by atoms with van der Waals surface area (Å²) in [6.45, 7) is 0.891. The Balaban J connectivity index is 1.52. The summed E-state index contributed by atoms with van der Waals surface area (Å²) in [4.78, 5) is 50.3. The molecule has 8 heteroatoms. The lowest BCUT2D eigenvalue weighted by Gasteiger charge is -2.21. The van der Waals surface area contributed by atoms with Crippen molar-refractivity contribution in [1.82, 2.24) is 4.90 Å². The van der Waals surface area contributed by atoms with E-state index in [4.69, 9.17) is 10.00 Å². The quantitative estimate of drug-likeness (QED) is 0.444. The molecular weight excluding hydrogens is 374 g/mol. The summed E-state index contributed by atoms with van der Waals surface area (Å²) in [5, 5.41) is 11.2. The van der Waals surface area contributed by atoms with E-state index in [9.17, 15) is 19.2 Å². The zero-order valence-electron chi connectivity index (χ0n) is 16.0. The summed E-state index contributed by atoms with van der Waals surface area (Å²) in [6.07, 6.45) is 4.99. The third-order valence-electron chi connectivity index (χ3n) is 5.14. The predicted octanol–water partition coefficient (Wildman–Crippen LogP) is 1.57. The molecule has 1 heterocycles. The Morgan fingerprint density at radius 1 is 1.17 bits per heavy atom. The van der Waals surface area contributed by atoms with Crippen molar-refractivity contribution in [1.29, 1.82) is 5.26 Å². The average molecular weight is 395 g/mol. The van der Waals surface area contributed by atoms with Crippen LogP contribution in [0.3, 0.4) is 0 Å². The molecule has 2 aliphatic rings. The number of likely N-dealkylation sites (tertiary alicyclic amines) is 1. The van der Waals surface area contributed by atoms with Gasteiger partial charge in [0.2, 0.25) is 11.8 Å². The van der Waals surface area contributed by atoms with Gasteiger partial charge < -0.3 is 10.1 Å². The number of nitrogens with one attached hydrogen (secondary N) is 1. The molecule has 1 fully saturated rings. The van der Waals surface area contributed by atoms with Gasteiger partial charge in [0.1, 0.15) is 6.04 Å². The number of nitrogens with zero attached hydrogens (tertiary/aromatic N) is 2. The second-order valence-electron chi connectivity index (χ2n) is 7.07. The number of imide groups is 1. The minimum Gasteiger partial charge on any atom is -0.454 e. The summed E-state index contributed by atoms with van der Waals surface area (Å²) in [6, 6.07) is 7.67. The van der Waals surface area contributed by atoms with Crippen molar-refractivity contribution < 1.29 is 23.9 Å². The van der Waals surface area contributed by atoms with Gasteiger partial charge in [-0.3, -0.25) is 19.3 Å². The number of carbonyl (C=O) groups excluding carboxylic acids is 4. The molecule has 0 radical (unpaired) electrons. The maximum Gasteiger partial charge on any atom is 0.329 e. The number of hydrogen-bond acceptors (Lipinski definition) is 6. The lowest BCUT2D eigenvalue weighted by molar-refractivity contribution is -0.159. The number of nitriles is 1. The molecule has 3 atom stereocenters. The van der Waals surface area contributed by atoms with Crippen LogP contribution in [-0.4, -0.2) is 41.2 Å². The number of rotatable bonds is 6. The monoisotopic (exact) mass is 395 g/mol. The zero-order valence-corrected chi connectivity index (χ0v) is 16.0. The first-order valence-electron chi connectivity index (χ1n) is 9.36. The van der Waals surface area contributed by atoms with E-state index in [-0.39, 0.29) is 18.2 Å². The topological polar surface area (TPSA) is 117 Å². The van der Waals surface area contributed by atoms with Gasteiger partial charge in [-0.25, -0.2) is 4.79 Å². The van der Waals surface area contributed by atoms with Crippen LogP contribution in [0, 0.1) is 23.2 Å². The zero-order chi connectivity index (χ0) is 21.0. The third kappa shape index (κ3) is 4.35. The highest BCUT2D eigenvalue weighted by Crippen LogP contribution is 2.36. The fourth-order valence-electron chi connectivity index (χ4n) is 3.56. The molecule has 3 amide bonds. The Hall–Kier alpha value is -3.47. The molecule has 3 rings (SSSR count). The summed E-state index contributed by atoms with van der Waals surface area (Å²) in [7, 11) is 0. The van der Waals surface area contributed by atoms with Gasteiger partial charge in [-0.05, 0) is 37.5 Å². The number of fused-ring (bicyclic) bond motifs is 1. The Kier molecular flexibility index (Phi) is 6.07. The maximum absolute atomic E-state index is 12.5. The first-order chi connectivity index (χ1) is 13.9. The molecule has 29 heavy (non-hydrogen) atoms. The van der Waals surface area contributed by atoms with E-state index in [0.717, 1.165) is 10.5 Å². The number of carbonyl (C=O) groups is 4. The number of benzene rings is 1. The maximum atomic E-state index is 12.5. The van der Waals surface area contributed by atoms with E-state index < -0.39 is 36.4 Å². The second-order valence-corrected chi connectivity index (χ2v) is 7.07. The molecule has 0 bridgehead atoms. The number of esters is 1. The Morgan fingerprint density at radius 2 is 1.76 bits per heavy atom. The molecule has 1 N–H and O–H groups in total. The highest BCUT2D eigenvalue weighted by Gasteiger charge is 2.50. The van der Waals surface area contributed by atoms with Crippen molar-refractivity contribution in [2.45, 2.75) is 32.2 Å². The van der Waals surface area contributed by atoms with Crippen molar-refractivity contribution >= 4 is 29.4 Å². The van der Waals surface area contributed by atoms with Gasteiger partial charge in [0.05, 0.1) is 24.3 Å². The molecule has 1 aromatic rings. The van der Waals surface area contributed by atoms with Gasteiger partial charge in [0, 0.05) is 5.69 Å². The van der Waals surface area contributed by atoms with Gasteiger partial charge in [-0.1, -0.05) is 24.3 Å². The molecule has 0 aromatic heterocycles. The van der Waals surface area contributed by atoms with Crippen molar-refractivity contribution in [3.8, 4) is 6.07 Å². The molecule has 0 spiro atoms. The smallest absolute Gasteiger partial charge is 0.329 e. The normalized spacial score (nSPS) is 21.3. The molecule has 0 unspecified atom stereocenters. The second kappa shape index (κ2) is 8.69. The van der Waals surface area contributed by atoms with Crippen LogP contribution in [0.4, 0.5) is 5.69 Å². The van der Waals surface area contributed by atoms with Gasteiger partial charge >= 0.3 is 5.97 Å². The van der Waals surface area contributed by atoms with Gasteiger partial charge in [-0.15, -0.1) is 0 Å². The number of anilines is 1. The summed E-state index contributed by atoms with van der Waals surface area (Å²) < 4.78 is 5.01. The van der Waals surface area contributed by atoms with E-state index in [1.807, 2.05) is 18.2 Å². The number of amides is 3. The largest absolute Gasteiger partial charge is 0.454 e. The van der Waals surface area contributed by atoms with Crippen LogP contribution in [0.5, 0.6) is 0 Å². The lowest BCUT2D eigenvalue weighted by Crippen LogP contribution is -2.45. The van der Waals surface area contributed by atoms with E-state index in [1.54, 1.807) is 24.3 Å². The van der Waals surface area contributed by atoms with Gasteiger partial charge in [-0.2, -0.15) is 5.26 Å². The predicted molar refractivity (Wildman–Crippen MR) is 102 cm³/mol. The molecule has 0 saturated carbocycles. The van der Waals surface area contributed by atoms with Crippen molar-refractivity contribution in [3.63, 3.8) is 0 Å². The summed E-state index contributed by atoms with van der Waals surface area (Å²) in [5.41, 5.74) is 1.32. The van der Waals surface area contributed by atoms with E-state index in [1.165, 1.54) is 6.92 Å². The minimum atomic E-state index is -1.08. The van der Waals surface area contributed by atoms with Crippen LogP contribution in [0.25, 0.3) is 0 Å². The van der Waals surface area contributed by atoms with E-state index in [2.05, 4.69) is 5.32 Å². The number of hydrogen-bond donors (Lipinski definition) is 1. The molecule has 1 aliphatic heterocycles. The van der Waals surface area contributed by atoms with Gasteiger partial charge in [0.25, 0.3) is 5.91 Å². The van der Waals surface area contributed by atoms with Crippen LogP contribution in [0.2, 0.25) is 0 Å². The fourth-order valence-corrected chi connectivity index (χ4v) is 3.56. The molecular formula is C21H21N3O5. The SMILES string of the molecule is C[C@@H](C(=O)OCC(=O)Nc1ccc(CC#N)cc1)N1C(=O)[C@H]2CC=CC[C@H]2C1=O. The average Bonchev–Trinajstić information content (AvgIpc) is 2.98. The lowest BCUT2D eigenvalue weighted by atomic mass is 9.85. The number of allylic oxidation sites excluding steroid dienone is 2. The summed E-state index contributed by atoms with van der Waals surface area (Å²) in [5.74, 6) is -2.93. The van der Waals surface area contributed by atoms with E-state index in [0.29, 0.717) is 18.5 Å². The Labute approximate surface area is 168 Å². The number of ether oxygens (including phenoxy) is 1. The first-order valence-corrected chi connectivity index (χ1v) is 9.36. The Bertz CT molecular complexity index is 874. The third-order valence-corrected chi connectivity index (χ3v) is 5.14. The molecule has 1 aromatic carbocycles. The van der Waals surface area contributed by atoms with Crippen LogP contribution < -0.4 is 5.32 Å². The van der Waals surface area contributed by atoms with Crippen molar-refractivity contribution in [3.05, 3.63) is 42.0 Å². The minimum absolute atomic E-state index is 0.273. The van der Waals surface area contributed by atoms with Crippen LogP contribution in [-0.2, 0) is 30.3 Å². The molecule has 1 aliphatic carbocycles. The van der Waals surface area contributed by atoms with Crippen LogP contribution in [0.1, 0.15) is 25.3 Å². The first kappa shape index (κ1) is 20.3. The van der Waals surface area contributed by atoms with Crippen molar-refractivity contribution in [2.24, 2.45) is 11.8 Å². The summed E-state index contributed by atoms with van der Waals surface area (Å²) >= 11 is 0. The van der Waals surface area contributed by atoms with Crippen LogP contribution >= 0.6 is 0 Å². The van der Waals surface area contributed by atoms with Crippen LogP contribution in [0.15, 0.2) is 36.4 Å². The molecule has 1 saturated heterocycles. The van der Waals surface area contributed by atoms with E-state index >= 15 is 0 Å².